The van der Waals surface area contributed by atoms with E-state index in [-0.39, 0.29) is 13.0 Å². The summed E-state index contributed by atoms with van der Waals surface area (Å²) in [6, 6.07) is 5.10. The number of nitrogens with zero attached hydrogens (tertiary/aromatic N) is 1. The van der Waals surface area contributed by atoms with Gasteiger partial charge in [-0.3, -0.25) is 5.10 Å². The van der Waals surface area contributed by atoms with Crippen molar-refractivity contribution in [2.75, 3.05) is 12.3 Å². The number of aliphatic hydroxyl groups excluding tert-OH is 3. The molecular weight excluding hydrogens is 222 g/mol. The van der Waals surface area contributed by atoms with Crippen molar-refractivity contribution < 1.29 is 15.3 Å². The molecule has 2 aromatic rings. The molecule has 0 radical (unpaired) electrons. The average Bonchev–Trinajstić information content (AvgIpc) is 2.70. The first-order chi connectivity index (χ1) is 8.13. The predicted octanol–water partition coefficient (Wildman–Crippen LogP) is -0.0782. The van der Waals surface area contributed by atoms with Crippen molar-refractivity contribution in [3.05, 3.63) is 23.8 Å². The molecule has 0 saturated heterocycles. The normalized spacial score (nSPS) is 15.0. The first kappa shape index (κ1) is 11.8. The van der Waals surface area contributed by atoms with Crippen LogP contribution >= 0.6 is 0 Å². The molecule has 0 spiro atoms. The largest absolute Gasteiger partial charge is 0.396 e. The fourth-order valence-corrected chi connectivity index (χ4v) is 1.75. The maximum Gasteiger partial charge on any atom is 0.153 e. The lowest BCUT2D eigenvalue weighted by Crippen LogP contribution is -2.19. The van der Waals surface area contributed by atoms with E-state index in [0.29, 0.717) is 16.9 Å². The predicted molar refractivity (Wildman–Crippen MR) is 63.2 cm³/mol. The average molecular weight is 237 g/mol. The van der Waals surface area contributed by atoms with Crippen LogP contribution in [0.1, 0.15) is 18.1 Å². The number of anilines is 1. The van der Waals surface area contributed by atoms with Gasteiger partial charge in [0.2, 0.25) is 0 Å². The van der Waals surface area contributed by atoms with Crippen LogP contribution in [0, 0.1) is 0 Å². The lowest BCUT2D eigenvalue weighted by molar-refractivity contribution is 0.00428. The van der Waals surface area contributed by atoms with Gasteiger partial charge in [-0.15, -0.1) is 0 Å². The number of nitrogen functional groups attached to an aromatic ring is 1. The van der Waals surface area contributed by atoms with Gasteiger partial charge < -0.3 is 21.1 Å². The quantitative estimate of drug-likeness (QED) is 0.510. The first-order valence-corrected chi connectivity index (χ1v) is 5.34. The van der Waals surface area contributed by atoms with Gasteiger partial charge in [0.05, 0.1) is 11.6 Å². The maximum atomic E-state index is 9.86. The van der Waals surface area contributed by atoms with Crippen LogP contribution in [0.4, 0.5) is 5.82 Å². The zero-order valence-corrected chi connectivity index (χ0v) is 9.17. The van der Waals surface area contributed by atoms with Gasteiger partial charge in [-0.1, -0.05) is 6.07 Å². The summed E-state index contributed by atoms with van der Waals surface area (Å²) >= 11 is 0. The van der Waals surface area contributed by atoms with Gasteiger partial charge in [0.25, 0.3) is 0 Å². The van der Waals surface area contributed by atoms with Crippen LogP contribution in [0.2, 0.25) is 0 Å². The van der Waals surface area contributed by atoms with Gasteiger partial charge in [0.1, 0.15) is 6.10 Å². The van der Waals surface area contributed by atoms with Crippen LogP contribution in [-0.4, -0.2) is 38.2 Å². The van der Waals surface area contributed by atoms with Gasteiger partial charge in [-0.2, -0.15) is 5.10 Å². The Morgan fingerprint density at radius 3 is 2.82 bits per heavy atom. The molecule has 92 valence electrons. The minimum Gasteiger partial charge on any atom is -0.396 e. The second kappa shape index (κ2) is 4.70. The van der Waals surface area contributed by atoms with Crippen LogP contribution < -0.4 is 5.73 Å². The van der Waals surface area contributed by atoms with Crippen LogP contribution in [0.3, 0.4) is 0 Å². The van der Waals surface area contributed by atoms with Crippen LogP contribution in [0.15, 0.2) is 18.2 Å². The highest BCUT2D eigenvalue weighted by Gasteiger charge is 2.18. The summed E-state index contributed by atoms with van der Waals surface area (Å²) in [4.78, 5) is 0. The molecule has 0 aliphatic rings. The van der Waals surface area contributed by atoms with E-state index in [4.69, 9.17) is 10.8 Å². The highest BCUT2D eigenvalue weighted by molar-refractivity contribution is 5.88. The summed E-state index contributed by atoms with van der Waals surface area (Å²) in [5.41, 5.74) is 6.88. The standard InChI is InChI=1S/C11H15N3O3/c12-11-7-2-1-6(5-8(7)13-14-11)10(17)9(16)3-4-15/h1-2,5,9-10,15-17H,3-4H2,(H3,12,13,14). The van der Waals surface area contributed by atoms with E-state index in [1.807, 2.05) is 0 Å². The Kier molecular flexibility index (Phi) is 3.28. The Morgan fingerprint density at radius 1 is 1.35 bits per heavy atom. The molecule has 0 bridgehead atoms. The van der Waals surface area contributed by atoms with Gasteiger partial charge >= 0.3 is 0 Å². The Bertz CT molecular complexity index is 512. The highest BCUT2D eigenvalue weighted by atomic mass is 16.3. The molecule has 6 nitrogen and oxygen atoms in total. The van der Waals surface area contributed by atoms with Gasteiger partial charge in [-0.05, 0) is 24.1 Å². The van der Waals surface area contributed by atoms with Crippen LogP contribution in [-0.2, 0) is 0 Å². The van der Waals surface area contributed by atoms with Crippen molar-refractivity contribution in [3.8, 4) is 0 Å². The SMILES string of the molecule is Nc1n[nH]c2cc(C(O)C(O)CCO)ccc12. The number of H-pyrrole nitrogens is 1. The van der Waals surface area contributed by atoms with Crippen LogP contribution in [0.25, 0.3) is 10.9 Å². The van der Waals surface area contributed by atoms with E-state index >= 15 is 0 Å². The van der Waals surface area contributed by atoms with E-state index in [1.54, 1.807) is 18.2 Å². The smallest absolute Gasteiger partial charge is 0.153 e. The molecule has 0 aliphatic heterocycles. The molecule has 17 heavy (non-hydrogen) atoms. The van der Waals surface area contributed by atoms with Gasteiger partial charge in [0.15, 0.2) is 5.82 Å². The Balaban J connectivity index is 2.29. The zero-order valence-electron chi connectivity index (χ0n) is 9.17. The number of fused-ring (bicyclic) bond motifs is 1. The van der Waals surface area contributed by atoms with E-state index in [0.717, 1.165) is 5.39 Å². The molecule has 0 saturated carbocycles. The number of nitrogens with one attached hydrogen (secondary N) is 1. The highest BCUT2D eigenvalue weighted by Crippen LogP contribution is 2.24. The number of hydrogen-bond donors (Lipinski definition) is 5. The Hall–Kier alpha value is -1.63. The molecule has 2 atom stereocenters. The fourth-order valence-electron chi connectivity index (χ4n) is 1.75. The minimum atomic E-state index is -1.03. The van der Waals surface area contributed by atoms with Crippen molar-refractivity contribution >= 4 is 16.7 Å². The zero-order chi connectivity index (χ0) is 12.4. The lowest BCUT2D eigenvalue weighted by atomic mass is 10.0. The molecule has 1 heterocycles. The summed E-state index contributed by atoms with van der Waals surface area (Å²) in [5, 5.41) is 35.5. The van der Waals surface area contributed by atoms with Crippen molar-refractivity contribution in [2.24, 2.45) is 0 Å². The van der Waals surface area contributed by atoms with E-state index in [9.17, 15) is 10.2 Å². The molecule has 2 rings (SSSR count). The third-order valence-electron chi connectivity index (χ3n) is 2.75. The van der Waals surface area contributed by atoms with E-state index in [1.165, 1.54) is 0 Å². The molecule has 0 fully saturated rings. The maximum absolute atomic E-state index is 9.86. The number of rotatable bonds is 4. The topological polar surface area (TPSA) is 115 Å². The molecular formula is C11H15N3O3. The molecule has 1 aromatic heterocycles. The van der Waals surface area contributed by atoms with E-state index in [2.05, 4.69) is 10.2 Å². The summed E-state index contributed by atoms with van der Waals surface area (Å²) in [6.45, 7) is -0.169. The first-order valence-electron chi connectivity index (χ1n) is 5.34. The minimum absolute atomic E-state index is 0.129. The Morgan fingerprint density at radius 2 is 2.12 bits per heavy atom. The van der Waals surface area contributed by atoms with Crippen molar-refractivity contribution in [3.63, 3.8) is 0 Å². The second-order valence-corrected chi connectivity index (χ2v) is 3.94. The van der Waals surface area contributed by atoms with Gasteiger partial charge in [0, 0.05) is 12.0 Å². The molecule has 1 aromatic carbocycles. The second-order valence-electron chi connectivity index (χ2n) is 3.94. The number of aromatic nitrogens is 2. The monoisotopic (exact) mass is 237 g/mol. The summed E-state index contributed by atoms with van der Waals surface area (Å²) in [5.74, 6) is 0.400. The third-order valence-corrected chi connectivity index (χ3v) is 2.75. The van der Waals surface area contributed by atoms with Gasteiger partial charge in [-0.25, -0.2) is 0 Å². The van der Waals surface area contributed by atoms with E-state index < -0.39 is 12.2 Å². The number of aromatic amines is 1. The molecule has 6 N–H and O–H groups in total. The lowest BCUT2D eigenvalue weighted by Gasteiger charge is -2.17. The molecule has 2 unspecified atom stereocenters. The summed E-state index contributed by atoms with van der Waals surface area (Å²) < 4.78 is 0. The summed E-state index contributed by atoms with van der Waals surface area (Å²) in [7, 11) is 0. The van der Waals surface area contributed by atoms with Crippen LogP contribution in [0.5, 0.6) is 0 Å². The molecule has 0 aliphatic carbocycles. The van der Waals surface area contributed by atoms with Crippen molar-refractivity contribution in [2.45, 2.75) is 18.6 Å². The van der Waals surface area contributed by atoms with Crippen molar-refractivity contribution in [1.29, 1.82) is 0 Å². The third kappa shape index (κ3) is 2.23. The fraction of sp³-hybridized carbons (Fsp3) is 0.364. The summed E-state index contributed by atoms with van der Waals surface area (Å²) in [6.07, 6.45) is -1.89. The number of hydrogen-bond acceptors (Lipinski definition) is 5. The molecule has 0 amide bonds. The number of aliphatic hydroxyl groups is 3. The Labute approximate surface area is 97.7 Å². The number of benzene rings is 1. The number of nitrogens with two attached hydrogens (primary N) is 1. The van der Waals surface area contributed by atoms with Crippen molar-refractivity contribution in [1.82, 2.24) is 10.2 Å². The molecule has 6 heteroatoms.